The highest BCUT2D eigenvalue weighted by molar-refractivity contribution is 9.25. The smallest absolute Gasteiger partial charge is 0.101 e. The molecule has 0 aliphatic rings. The number of alkyl halides is 2. The Labute approximate surface area is 99.1 Å². The van der Waals surface area contributed by atoms with Crippen molar-refractivity contribution in [1.29, 1.82) is 0 Å². The summed E-state index contributed by atoms with van der Waals surface area (Å²) in [6, 6.07) is 0. The van der Waals surface area contributed by atoms with E-state index in [1.807, 2.05) is 0 Å². The third-order valence-corrected chi connectivity index (χ3v) is 2.98. The summed E-state index contributed by atoms with van der Waals surface area (Å²) < 4.78 is -0.135. The Balaban J connectivity index is 3.62. The van der Waals surface area contributed by atoms with E-state index >= 15 is 0 Å². The zero-order valence-corrected chi connectivity index (χ0v) is 11.7. The molecule has 0 aromatic rings. The van der Waals surface area contributed by atoms with Crippen LogP contribution in [0.15, 0.2) is 0 Å². The van der Waals surface area contributed by atoms with Crippen LogP contribution in [0.4, 0.5) is 0 Å². The van der Waals surface area contributed by atoms with Gasteiger partial charge in [0.15, 0.2) is 0 Å². The third-order valence-electron chi connectivity index (χ3n) is 1.79. The Morgan fingerprint density at radius 3 is 2.31 bits per heavy atom. The molecular weight excluding hydrogens is 292 g/mol. The minimum Gasteiger partial charge on any atom is -0.101 e. The fourth-order valence-electron chi connectivity index (χ4n) is 1.05. The lowest BCUT2D eigenvalue weighted by molar-refractivity contribution is 0.640. The lowest BCUT2D eigenvalue weighted by Gasteiger charge is -2.12. The van der Waals surface area contributed by atoms with Crippen molar-refractivity contribution in [2.75, 3.05) is 0 Å². The van der Waals surface area contributed by atoms with E-state index in [4.69, 9.17) is 0 Å². The minimum atomic E-state index is -0.135. The summed E-state index contributed by atoms with van der Waals surface area (Å²) in [5, 5.41) is 0. The summed E-state index contributed by atoms with van der Waals surface area (Å²) in [5.74, 6) is 6.25. The molecule has 0 aliphatic carbocycles. The quantitative estimate of drug-likeness (QED) is 0.386. The van der Waals surface area contributed by atoms with Crippen LogP contribution in [-0.4, -0.2) is 3.23 Å². The van der Waals surface area contributed by atoms with Crippen molar-refractivity contribution in [3.8, 4) is 11.8 Å². The maximum Gasteiger partial charge on any atom is 0.140 e. The lowest BCUT2D eigenvalue weighted by atomic mass is 10.1. The Kier molecular flexibility index (Phi) is 8.20. The average molecular weight is 310 g/mol. The van der Waals surface area contributed by atoms with E-state index in [1.54, 1.807) is 0 Å². The van der Waals surface area contributed by atoms with E-state index in [9.17, 15) is 0 Å². The van der Waals surface area contributed by atoms with Gasteiger partial charge in [-0.15, -0.1) is 5.92 Å². The van der Waals surface area contributed by atoms with Crippen molar-refractivity contribution < 1.29 is 0 Å². The van der Waals surface area contributed by atoms with Crippen LogP contribution in [0.25, 0.3) is 0 Å². The molecule has 0 atom stereocenters. The summed E-state index contributed by atoms with van der Waals surface area (Å²) in [7, 11) is 0. The molecule has 2 heteroatoms. The van der Waals surface area contributed by atoms with Gasteiger partial charge in [0, 0.05) is 6.42 Å². The third kappa shape index (κ3) is 8.84. The molecule has 0 radical (unpaired) electrons. The second kappa shape index (κ2) is 7.88. The predicted octanol–water partition coefficient (Wildman–Crippen LogP) is 4.86. The van der Waals surface area contributed by atoms with Gasteiger partial charge < -0.3 is 0 Å². The van der Waals surface area contributed by atoms with Crippen molar-refractivity contribution in [2.24, 2.45) is 0 Å². The fourth-order valence-corrected chi connectivity index (χ4v) is 1.90. The molecule has 0 saturated heterocycles. The molecular formula is C11H18Br2. The molecule has 13 heavy (non-hydrogen) atoms. The van der Waals surface area contributed by atoms with Crippen LogP contribution >= 0.6 is 31.9 Å². The molecule has 0 aromatic carbocycles. The molecule has 0 aliphatic heterocycles. The Morgan fingerprint density at radius 1 is 1.08 bits per heavy atom. The van der Waals surface area contributed by atoms with Gasteiger partial charge in [0.05, 0.1) is 0 Å². The average Bonchev–Trinajstić information content (AvgIpc) is 2.09. The summed E-state index contributed by atoms with van der Waals surface area (Å²) in [4.78, 5) is 0. The Morgan fingerprint density at radius 2 is 1.77 bits per heavy atom. The zero-order chi connectivity index (χ0) is 10.2. The van der Waals surface area contributed by atoms with Gasteiger partial charge in [-0.05, 0) is 6.42 Å². The first kappa shape index (κ1) is 13.5. The molecule has 0 fully saturated rings. The van der Waals surface area contributed by atoms with Crippen LogP contribution < -0.4 is 0 Å². The van der Waals surface area contributed by atoms with Gasteiger partial charge in [0.25, 0.3) is 0 Å². The van der Waals surface area contributed by atoms with Gasteiger partial charge in [-0.25, -0.2) is 0 Å². The Hall–Kier alpha value is 0.520. The monoisotopic (exact) mass is 308 g/mol. The van der Waals surface area contributed by atoms with Gasteiger partial charge in [0.2, 0.25) is 0 Å². The van der Waals surface area contributed by atoms with Gasteiger partial charge >= 0.3 is 0 Å². The maximum absolute atomic E-state index is 3.58. The van der Waals surface area contributed by atoms with Crippen LogP contribution in [0.3, 0.4) is 0 Å². The lowest BCUT2D eigenvalue weighted by Crippen LogP contribution is -2.07. The highest BCUT2D eigenvalue weighted by Gasteiger charge is 2.17. The van der Waals surface area contributed by atoms with Gasteiger partial charge in [-0.3, -0.25) is 0 Å². The number of hydrogen-bond donors (Lipinski definition) is 0. The van der Waals surface area contributed by atoms with Crippen LogP contribution in [0.1, 0.15) is 52.4 Å². The zero-order valence-electron chi connectivity index (χ0n) is 8.50. The van der Waals surface area contributed by atoms with E-state index in [2.05, 4.69) is 57.5 Å². The molecule has 0 saturated carbocycles. The van der Waals surface area contributed by atoms with Gasteiger partial charge in [0.1, 0.15) is 3.23 Å². The number of hydrogen-bond acceptors (Lipinski definition) is 0. The van der Waals surface area contributed by atoms with E-state index in [-0.39, 0.29) is 3.23 Å². The van der Waals surface area contributed by atoms with Crippen LogP contribution in [-0.2, 0) is 0 Å². The highest BCUT2D eigenvalue weighted by Crippen LogP contribution is 2.31. The van der Waals surface area contributed by atoms with E-state index in [0.29, 0.717) is 0 Å². The fraction of sp³-hybridized carbons (Fsp3) is 0.818. The van der Waals surface area contributed by atoms with E-state index < -0.39 is 0 Å². The number of unbranched alkanes of at least 4 members (excludes halogenated alkanes) is 3. The predicted molar refractivity (Wildman–Crippen MR) is 67.4 cm³/mol. The second-order valence-electron chi connectivity index (χ2n) is 3.17. The van der Waals surface area contributed by atoms with Gasteiger partial charge in [-0.1, -0.05) is 77.3 Å². The molecule has 0 unspecified atom stereocenters. The summed E-state index contributed by atoms with van der Waals surface area (Å²) in [6.45, 7) is 4.30. The first-order chi connectivity index (χ1) is 6.12. The molecule has 0 rings (SSSR count). The van der Waals surface area contributed by atoms with Crippen molar-refractivity contribution in [3.05, 3.63) is 0 Å². The molecule has 76 valence electrons. The minimum absolute atomic E-state index is 0.135. The first-order valence-electron chi connectivity index (χ1n) is 5.00. The van der Waals surface area contributed by atoms with Gasteiger partial charge in [-0.2, -0.15) is 0 Å². The molecule has 0 aromatic heterocycles. The van der Waals surface area contributed by atoms with Crippen LogP contribution in [0.2, 0.25) is 0 Å². The largest absolute Gasteiger partial charge is 0.140 e. The topological polar surface area (TPSA) is 0 Å². The molecule has 0 nitrogen and oxygen atoms in total. The van der Waals surface area contributed by atoms with E-state index in [1.165, 1.54) is 25.7 Å². The second-order valence-corrected chi connectivity index (χ2v) is 6.94. The maximum atomic E-state index is 3.58. The SMILES string of the molecule is CCC#CC(Br)(Br)CCCCCC. The molecule has 0 bridgehead atoms. The number of halogens is 2. The summed E-state index contributed by atoms with van der Waals surface area (Å²) in [6.07, 6.45) is 7.18. The van der Waals surface area contributed by atoms with E-state index in [0.717, 1.165) is 12.8 Å². The Bertz CT molecular complexity index is 174. The first-order valence-corrected chi connectivity index (χ1v) is 6.59. The van der Waals surface area contributed by atoms with Crippen LogP contribution in [0.5, 0.6) is 0 Å². The molecule has 0 N–H and O–H groups in total. The standard InChI is InChI=1S/C11H18Br2/c1-3-5-7-8-10-11(12,13)9-6-4-2/h3-5,7-8,10H2,1-2H3. The van der Waals surface area contributed by atoms with Crippen LogP contribution in [0, 0.1) is 11.8 Å². The van der Waals surface area contributed by atoms with Crippen molar-refractivity contribution in [2.45, 2.75) is 55.6 Å². The molecule has 0 amide bonds. The van der Waals surface area contributed by atoms with Crippen molar-refractivity contribution >= 4 is 31.9 Å². The highest BCUT2D eigenvalue weighted by atomic mass is 79.9. The van der Waals surface area contributed by atoms with Crippen molar-refractivity contribution in [1.82, 2.24) is 0 Å². The molecule has 0 heterocycles. The summed E-state index contributed by atoms with van der Waals surface area (Å²) >= 11 is 7.16. The summed E-state index contributed by atoms with van der Waals surface area (Å²) in [5.41, 5.74) is 0. The number of rotatable bonds is 5. The molecule has 0 spiro atoms. The van der Waals surface area contributed by atoms with Crippen molar-refractivity contribution in [3.63, 3.8) is 0 Å². The normalized spacial score (nSPS) is 10.8.